The van der Waals surface area contributed by atoms with Crippen molar-refractivity contribution in [2.24, 2.45) is 0 Å². The Morgan fingerprint density at radius 2 is 1.57 bits per heavy atom. The monoisotopic (exact) mass is 401 g/mol. The van der Waals surface area contributed by atoms with Gasteiger partial charge in [0.05, 0.1) is 19.8 Å². The molecule has 0 N–H and O–H groups in total. The molecular weight excluding hydrogens is 374 g/mol. The number of benzene rings is 4. The summed E-state index contributed by atoms with van der Waals surface area (Å²) in [5.74, 6) is 0.199. The van der Waals surface area contributed by atoms with Gasteiger partial charge in [-0.3, -0.25) is 9.69 Å². The Morgan fingerprint density at radius 3 is 2.37 bits per heavy atom. The van der Waals surface area contributed by atoms with Crippen molar-refractivity contribution >= 4 is 38.1 Å². The van der Waals surface area contributed by atoms with Gasteiger partial charge >= 0.3 is 0 Å². The summed E-state index contributed by atoms with van der Waals surface area (Å²) in [6, 6.07) is 19.0. The summed E-state index contributed by atoms with van der Waals surface area (Å²) in [5, 5.41) is 7.17. The van der Waals surface area contributed by atoms with Gasteiger partial charge in [-0.15, -0.1) is 0 Å². The van der Waals surface area contributed by atoms with Gasteiger partial charge < -0.3 is 9.47 Å². The molecule has 1 fully saturated rings. The Bertz CT molecular complexity index is 1150. The van der Waals surface area contributed by atoms with Crippen molar-refractivity contribution < 1.29 is 14.3 Å². The highest BCUT2D eigenvalue weighted by atomic mass is 16.5. The van der Waals surface area contributed by atoms with Crippen molar-refractivity contribution in [3.05, 3.63) is 60.2 Å². The van der Waals surface area contributed by atoms with Crippen molar-refractivity contribution in [2.45, 2.75) is 12.8 Å². The summed E-state index contributed by atoms with van der Waals surface area (Å²) in [6.07, 6.45) is 1.27. The van der Waals surface area contributed by atoms with E-state index in [1.807, 2.05) is 6.07 Å². The summed E-state index contributed by atoms with van der Waals surface area (Å²) in [6.45, 7) is 5.87. The first-order valence-corrected chi connectivity index (χ1v) is 10.9. The lowest BCUT2D eigenvalue weighted by molar-refractivity contribution is 0.0200. The van der Waals surface area contributed by atoms with Gasteiger partial charge in [0.15, 0.2) is 5.78 Å². The molecule has 4 aromatic carbocycles. The first kappa shape index (κ1) is 19.4. The van der Waals surface area contributed by atoms with Gasteiger partial charge in [0.1, 0.15) is 0 Å². The van der Waals surface area contributed by atoms with E-state index in [2.05, 4.69) is 53.4 Å². The fraction of sp³-hybridized carbons (Fsp3) is 0.346. The minimum absolute atomic E-state index is 0.199. The number of hydrogen-bond acceptors (Lipinski definition) is 4. The van der Waals surface area contributed by atoms with Crippen LogP contribution in [0.15, 0.2) is 54.6 Å². The zero-order valence-corrected chi connectivity index (χ0v) is 17.2. The highest BCUT2D eigenvalue weighted by molar-refractivity contribution is 6.26. The molecule has 1 saturated heterocycles. The molecule has 4 aromatic rings. The van der Waals surface area contributed by atoms with E-state index in [-0.39, 0.29) is 5.78 Å². The standard InChI is InChI=1S/C26H27NO3/c28-24(5-2-15-29-16-12-27-13-17-30-18-14-27)22-10-8-21-7-6-19-3-1-4-20-9-11-23(22)26(21)25(19)20/h1,3-4,6-11H,2,5,12-18H2. The number of hydrogen-bond donors (Lipinski definition) is 0. The normalized spacial score (nSPS) is 15.5. The Morgan fingerprint density at radius 1 is 0.867 bits per heavy atom. The number of carbonyl (C=O) groups excluding carboxylic acids is 1. The second kappa shape index (κ2) is 8.68. The Kier molecular flexibility index (Phi) is 5.63. The van der Waals surface area contributed by atoms with E-state index < -0.39 is 0 Å². The van der Waals surface area contributed by atoms with Crippen LogP contribution < -0.4 is 0 Å². The van der Waals surface area contributed by atoms with Crippen LogP contribution in [-0.4, -0.2) is 56.7 Å². The molecule has 0 amide bonds. The van der Waals surface area contributed by atoms with E-state index >= 15 is 0 Å². The van der Waals surface area contributed by atoms with Crippen LogP contribution in [0, 0.1) is 0 Å². The van der Waals surface area contributed by atoms with E-state index in [1.165, 1.54) is 26.9 Å². The number of rotatable bonds is 8. The zero-order valence-electron chi connectivity index (χ0n) is 17.2. The molecule has 154 valence electrons. The predicted molar refractivity (Wildman–Crippen MR) is 122 cm³/mol. The fourth-order valence-corrected chi connectivity index (χ4v) is 4.57. The first-order valence-electron chi connectivity index (χ1n) is 10.9. The van der Waals surface area contributed by atoms with Gasteiger partial charge in [-0.25, -0.2) is 0 Å². The molecule has 1 aliphatic heterocycles. The second-order valence-electron chi connectivity index (χ2n) is 8.06. The maximum atomic E-state index is 13.0. The summed E-state index contributed by atoms with van der Waals surface area (Å²) in [5.41, 5.74) is 0.828. The number of ketones is 1. The second-order valence-corrected chi connectivity index (χ2v) is 8.06. The van der Waals surface area contributed by atoms with Crippen molar-refractivity contribution in [3.8, 4) is 0 Å². The third-order valence-corrected chi connectivity index (χ3v) is 6.18. The highest BCUT2D eigenvalue weighted by Gasteiger charge is 2.15. The van der Waals surface area contributed by atoms with E-state index in [1.54, 1.807) is 0 Å². The van der Waals surface area contributed by atoms with Crippen molar-refractivity contribution in [2.75, 3.05) is 46.1 Å². The van der Waals surface area contributed by atoms with Crippen LogP contribution in [0.2, 0.25) is 0 Å². The molecular formula is C26H27NO3. The number of nitrogens with zero attached hydrogens (tertiary/aromatic N) is 1. The maximum Gasteiger partial charge on any atom is 0.163 e. The molecule has 0 spiro atoms. The molecule has 5 rings (SSSR count). The minimum atomic E-state index is 0.199. The Hall–Kier alpha value is -2.53. The number of carbonyl (C=O) groups is 1. The average molecular weight is 402 g/mol. The first-order chi connectivity index (χ1) is 14.8. The lowest BCUT2D eigenvalue weighted by Crippen LogP contribution is -2.38. The van der Waals surface area contributed by atoms with E-state index in [0.29, 0.717) is 19.6 Å². The molecule has 0 unspecified atom stereocenters. The van der Waals surface area contributed by atoms with Crippen LogP contribution >= 0.6 is 0 Å². The highest BCUT2D eigenvalue weighted by Crippen LogP contribution is 2.36. The van der Waals surface area contributed by atoms with E-state index in [9.17, 15) is 4.79 Å². The molecule has 30 heavy (non-hydrogen) atoms. The van der Waals surface area contributed by atoms with Crippen LogP contribution in [0.1, 0.15) is 23.2 Å². The van der Waals surface area contributed by atoms with Crippen molar-refractivity contribution in [1.29, 1.82) is 0 Å². The molecule has 4 heteroatoms. The van der Waals surface area contributed by atoms with Gasteiger partial charge in [-0.2, -0.15) is 0 Å². The van der Waals surface area contributed by atoms with E-state index in [4.69, 9.17) is 9.47 Å². The molecule has 0 atom stereocenters. The van der Waals surface area contributed by atoms with Crippen LogP contribution in [0.25, 0.3) is 32.3 Å². The Balaban J connectivity index is 1.25. The van der Waals surface area contributed by atoms with Gasteiger partial charge in [0, 0.05) is 38.2 Å². The fourth-order valence-electron chi connectivity index (χ4n) is 4.57. The topological polar surface area (TPSA) is 38.8 Å². The quantitative estimate of drug-likeness (QED) is 0.239. The molecule has 0 saturated carbocycles. The third kappa shape index (κ3) is 3.79. The number of ether oxygens (including phenoxy) is 2. The molecule has 4 nitrogen and oxygen atoms in total. The van der Waals surface area contributed by atoms with Crippen molar-refractivity contribution in [3.63, 3.8) is 0 Å². The van der Waals surface area contributed by atoms with Gasteiger partial charge in [0.2, 0.25) is 0 Å². The summed E-state index contributed by atoms with van der Waals surface area (Å²) >= 11 is 0. The van der Waals surface area contributed by atoms with Crippen LogP contribution in [-0.2, 0) is 9.47 Å². The number of Topliss-reactive ketones (excluding diaryl/α,β-unsaturated/α-hetero) is 1. The van der Waals surface area contributed by atoms with Gasteiger partial charge in [-0.1, -0.05) is 54.6 Å². The zero-order chi connectivity index (χ0) is 20.3. The van der Waals surface area contributed by atoms with Crippen LogP contribution in [0.5, 0.6) is 0 Å². The average Bonchev–Trinajstić information content (AvgIpc) is 2.80. The lowest BCUT2D eigenvalue weighted by atomic mass is 9.90. The minimum Gasteiger partial charge on any atom is -0.380 e. The molecule has 0 radical (unpaired) electrons. The SMILES string of the molecule is O=C(CCCOCCN1CCOCC1)c1ccc2ccc3cccc4ccc1c2c34. The van der Waals surface area contributed by atoms with E-state index in [0.717, 1.165) is 50.2 Å². The lowest BCUT2D eigenvalue weighted by Gasteiger charge is -2.26. The third-order valence-electron chi connectivity index (χ3n) is 6.18. The summed E-state index contributed by atoms with van der Waals surface area (Å²) in [4.78, 5) is 15.4. The van der Waals surface area contributed by atoms with Gasteiger partial charge in [0.25, 0.3) is 0 Å². The van der Waals surface area contributed by atoms with Gasteiger partial charge in [-0.05, 0) is 38.7 Å². The largest absolute Gasteiger partial charge is 0.380 e. The van der Waals surface area contributed by atoms with Crippen LogP contribution in [0.4, 0.5) is 0 Å². The Labute approximate surface area is 176 Å². The molecule has 1 heterocycles. The van der Waals surface area contributed by atoms with Crippen molar-refractivity contribution in [1.82, 2.24) is 4.90 Å². The number of morpholine rings is 1. The summed E-state index contributed by atoms with van der Waals surface area (Å²) < 4.78 is 11.1. The predicted octanol–water partition coefficient (Wildman–Crippen LogP) is 4.90. The molecule has 1 aliphatic rings. The molecule has 0 aliphatic carbocycles. The smallest absolute Gasteiger partial charge is 0.163 e. The maximum absolute atomic E-state index is 13.0. The molecule has 0 bridgehead atoms. The van der Waals surface area contributed by atoms with Crippen LogP contribution in [0.3, 0.4) is 0 Å². The molecule has 0 aromatic heterocycles. The summed E-state index contributed by atoms with van der Waals surface area (Å²) in [7, 11) is 0.